The lowest BCUT2D eigenvalue weighted by molar-refractivity contribution is 0.109. The van der Waals surface area contributed by atoms with E-state index in [0.717, 1.165) is 50.5 Å². The molecule has 0 unspecified atom stereocenters. The summed E-state index contributed by atoms with van der Waals surface area (Å²) in [6.07, 6.45) is 0.629. The maximum atomic E-state index is 10.7. The van der Waals surface area contributed by atoms with E-state index in [4.69, 9.17) is 4.74 Å². The summed E-state index contributed by atoms with van der Waals surface area (Å²) >= 11 is 0. The van der Waals surface area contributed by atoms with Gasteiger partial charge in [-0.3, -0.25) is 4.90 Å². The van der Waals surface area contributed by atoms with E-state index in [9.17, 15) is 5.11 Å². The Morgan fingerprint density at radius 1 is 1.08 bits per heavy atom. The molecule has 0 spiro atoms. The number of piperazine rings is 1. The molecule has 2 aromatic carbocycles. The molecule has 2 N–H and O–H groups in total. The fourth-order valence-electron chi connectivity index (χ4n) is 3.86. The van der Waals surface area contributed by atoms with Crippen molar-refractivity contribution in [1.29, 1.82) is 0 Å². The molecule has 0 radical (unpaired) electrons. The quantitative estimate of drug-likeness (QED) is 0.865. The summed E-state index contributed by atoms with van der Waals surface area (Å²) in [4.78, 5) is 4.75. The zero-order chi connectivity index (χ0) is 17.9. The molecule has 0 amide bonds. The van der Waals surface area contributed by atoms with Crippen LogP contribution in [0.2, 0.25) is 0 Å². The van der Waals surface area contributed by atoms with E-state index < -0.39 is 6.10 Å². The van der Waals surface area contributed by atoms with Crippen LogP contribution in [0.4, 0.5) is 11.4 Å². The normalized spacial score (nSPS) is 18.3. The molecule has 2 aliphatic heterocycles. The topological polar surface area (TPSA) is 48.0 Å². The molecule has 2 aromatic rings. The SMILES string of the molecule is COc1ccc(N2CCN(C[C@H](O)c3ccc4c(c3)CCN4)CC2)cc1. The van der Waals surface area contributed by atoms with E-state index in [0.29, 0.717) is 6.54 Å². The highest BCUT2D eigenvalue weighted by Gasteiger charge is 2.21. The van der Waals surface area contributed by atoms with Gasteiger partial charge in [-0.15, -0.1) is 0 Å². The average Bonchev–Trinajstić information content (AvgIpc) is 3.16. The summed E-state index contributed by atoms with van der Waals surface area (Å²) in [5, 5.41) is 14.0. The number of aliphatic hydroxyl groups is 1. The van der Waals surface area contributed by atoms with Gasteiger partial charge in [0.25, 0.3) is 0 Å². The molecule has 4 rings (SSSR count). The summed E-state index contributed by atoms with van der Waals surface area (Å²) in [7, 11) is 1.69. The van der Waals surface area contributed by atoms with Gasteiger partial charge in [0.05, 0.1) is 13.2 Å². The second-order valence-electron chi connectivity index (χ2n) is 7.09. The average molecular weight is 353 g/mol. The number of aliphatic hydroxyl groups excluding tert-OH is 1. The van der Waals surface area contributed by atoms with E-state index in [1.165, 1.54) is 16.9 Å². The molecule has 1 saturated heterocycles. The van der Waals surface area contributed by atoms with Gasteiger partial charge in [-0.25, -0.2) is 0 Å². The van der Waals surface area contributed by atoms with Crippen molar-refractivity contribution in [2.24, 2.45) is 0 Å². The molecular weight excluding hydrogens is 326 g/mol. The minimum absolute atomic E-state index is 0.423. The van der Waals surface area contributed by atoms with Gasteiger partial charge in [0.15, 0.2) is 0 Å². The number of benzene rings is 2. The van der Waals surface area contributed by atoms with E-state index in [-0.39, 0.29) is 0 Å². The van der Waals surface area contributed by atoms with Crippen LogP contribution >= 0.6 is 0 Å². The van der Waals surface area contributed by atoms with Crippen molar-refractivity contribution < 1.29 is 9.84 Å². The first-order chi connectivity index (χ1) is 12.7. The van der Waals surface area contributed by atoms with Crippen LogP contribution in [0.3, 0.4) is 0 Å². The zero-order valence-electron chi connectivity index (χ0n) is 15.3. The Hall–Kier alpha value is -2.24. The number of fused-ring (bicyclic) bond motifs is 1. The van der Waals surface area contributed by atoms with Gasteiger partial charge in [-0.1, -0.05) is 12.1 Å². The highest BCUT2D eigenvalue weighted by molar-refractivity contribution is 5.56. The predicted molar refractivity (Wildman–Crippen MR) is 105 cm³/mol. The molecule has 0 saturated carbocycles. The predicted octanol–water partition coefficient (Wildman–Crippen LogP) is 2.52. The minimum atomic E-state index is -0.423. The smallest absolute Gasteiger partial charge is 0.119 e. The van der Waals surface area contributed by atoms with Crippen molar-refractivity contribution in [3.8, 4) is 5.75 Å². The van der Waals surface area contributed by atoms with E-state index >= 15 is 0 Å². The van der Waals surface area contributed by atoms with Gasteiger partial charge in [-0.2, -0.15) is 0 Å². The molecule has 0 aromatic heterocycles. The van der Waals surface area contributed by atoms with Gasteiger partial charge in [0.2, 0.25) is 0 Å². The Morgan fingerprint density at radius 2 is 1.85 bits per heavy atom. The van der Waals surface area contributed by atoms with Gasteiger partial charge >= 0.3 is 0 Å². The molecular formula is C21H27N3O2. The van der Waals surface area contributed by atoms with Gasteiger partial charge in [0.1, 0.15) is 5.75 Å². The third kappa shape index (κ3) is 3.64. The molecule has 0 bridgehead atoms. The van der Waals surface area contributed by atoms with Gasteiger partial charge in [-0.05, 0) is 47.9 Å². The molecule has 26 heavy (non-hydrogen) atoms. The molecule has 1 fully saturated rings. The third-order valence-corrected chi connectivity index (χ3v) is 5.46. The summed E-state index contributed by atoms with van der Waals surface area (Å²) in [5.74, 6) is 0.889. The molecule has 5 nitrogen and oxygen atoms in total. The lowest BCUT2D eigenvalue weighted by atomic mass is 10.0. The van der Waals surface area contributed by atoms with E-state index in [2.05, 4.69) is 45.4 Å². The Bertz CT molecular complexity index is 739. The number of hydrogen-bond acceptors (Lipinski definition) is 5. The number of nitrogens with zero attached hydrogens (tertiary/aromatic N) is 2. The van der Waals surface area contributed by atoms with Crippen LogP contribution in [0, 0.1) is 0 Å². The van der Waals surface area contributed by atoms with Crippen LogP contribution < -0.4 is 15.0 Å². The third-order valence-electron chi connectivity index (χ3n) is 5.46. The first-order valence-corrected chi connectivity index (χ1v) is 9.39. The second kappa shape index (κ2) is 7.56. The van der Waals surface area contributed by atoms with Gasteiger partial charge < -0.3 is 20.1 Å². The molecule has 2 heterocycles. The molecule has 0 aliphatic carbocycles. The standard InChI is InChI=1S/C21H27N3O2/c1-26-19-5-3-18(4-6-19)24-12-10-23(11-13-24)15-21(25)17-2-7-20-16(14-17)8-9-22-20/h2-7,14,21-22,25H,8-13,15H2,1H3/t21-/m0/s1. The van der Waals surface area contributed by atoms with Crippen LogP contribution in [0.5, 0.6) is 5.75 Å². The minimum Gasteiger partial charge on any atom is -0.497 e. The van der Waals surface area contributed by atoms with Gasteiger partial charge in [0, 0.05) is 50.6 Å². The number of anilines is 2. The van der Waals surface area contributed by atoms with E-state index in [1.54, 1.807) is 7.11 Å². The zero-order valence-corrected chi connectivity index (χ0v) is 15.3. The van der Waals surface area contributed by atoms with Crippen molar-refractivity contribution in [2.75, 3.05) is 56.6 Å². The second-order valence-corrected chi connectivity index (χ2v) is 7.09. The van der Waals surface area contributed by atoms with E-state index in [1.807, 2.05) is 12.1 Å². The first kappa shape index (κ1) is 17.2. The fourth-order valence-corrected chi connectivity index (χ4v) is 3.86. The van der Waals surface area contributed by atoms with Crippen LogP contribution in [0.1, 0.15) is 17.2 Å². The monoisotopic (exact) mass is 353 g/mol. The number of methoxy groups -OCH3 is 1. The Balaban J connectivity index is 1.31. The highest BCUT2D eigenvalue weighted by Crippen LogP contribution is 2.27. The van der Waals surface area contributed by atoms with Crippen molar-refractivity contribution in [3.63, 3.8) is 0 Å². The molecule has 138 valence electrons. The van der Waals surface area contributed by atoms with Crippen LogP contribution in [-0.2, 0) is 6.42 Å². The fraction of sp³-hybridized carbons (Fsp3) is 0.429. The number of rotatable bonds is 5. The number of β-amino-alcohol motifs (C(OH)–C–C–N with tert-alkyl or cyclic N) is 1. The Morgan fingerprint density at radius 3 is 2.58 bits per heavy atom. The lowest BCUT2D eigenvalue weighted by Gasteiger charge is -2.37. The Kier molecular flexibility index (Phi) is 5.00. The maximum absolute atomic E-state index is 10.7. The van der Waals surface area contributed by atoms with Crippen molar-refractivity contribution >= 4 is 11.4 Å². The Labute approximate surface area is 155 Å². The summed E-state index contributed by atoms with van der Waals surface area (Å²) < 4.78 is 5.23. The summed E-state index contributed by atoms with van der Waals surface area (Å²) in [6.45, 7) is 5.59. The van der Waals surface area contributed by atoms with Crippen LogP contribution in [0.25, 0.3) is 0 Å². The van der Waals surface area contributed by atoms with Crippen molar-refractivity contribution in [3.05, 3.63) is 53.6 Å². The van der Waals surface area contributed by atoms with Crippen LogP contribution in [-0.4, -0.2) is 56.4 Å². The molecule has 5 heteroatoms. The molecule has 1 atom stereocenters. The summed E-state index contributed by atoms with van der Waals surface area (Å²) in [6, 6.07) is 14.6. The summed E-state index contributed by atoms with van der Waals surface area (Å²) in [5.41, 5.74) is 4.81. The van der Waals surface area contributed by atoms with Crippen molar-refractivity contribution in [1.82, 2.24) is 4.90 Å². The maximum Gasteiger partial charge on any atom is 0.119 e. The number of nitrogens with one attached hydrogen (secondary N) is 1. The largest absolute Gasteiger partial charge is 0.497 e. The van der Waals surface area contributed by atoms with Crippen LogP contribution in [0.15, 0.2) is 42.5 Å². The van der Waals surface area contributed by atoms with Crippen molar-refractivity contribution in [2.45, 2.75) is 12.5 Å². The highest BCUT2D eigenvalue weighted by atomic mass is 16.5. The molecule has 2 aliphatic rings. The number of ether oxygens (including phenoxy) is 1. The number of hydrogen-bond donors (Lipinski definition) is 2. The first-order valence-electron chi connectivity index (χ1n) is 9.39. The lowest BCUT2D eigenvalue weighted by Crippen LogP contribution is -2.47.